The monoisotopic (exact) mass is 255 g/mol. The van der Waals surface area contributed by atoms with Crippen molar-refractivity contribution in [3.8, 4) is 0 Å². The molecule has 106 valence electrons. The molecule has 4 heteroatoms. The molecule has 0 saturated carbocycles. The van der Waals surface area contributed by atoms with Crippen LogP contribution in [-0.2, 0) is 4.79 Å². The predicted octanol–water partition coefficient (Wildman–Crippen LogP) is 1.45. The van der Waals surface area contributed by atoms with Gasteiger partial charge in [0.2, 0.25) is 5.91 Å². The highest BCUT2D eigenvalue weighted by Gasteiger charge is 2.17. The van der Waals surface area contributed by atoms with Gasteiger partial charge in [-0.2, -0.15) is 0 Å². The molecule has 1 amide bonds. The van der Waals surface area contributed by atoms with E-state index in [0.29, 0.717) is 19.0 Å². The molecule has 0 spiro atoms. The molecule has 0 unspecified atom stereocenters. The lowest BCUT2D eigenvalue weighted by Crippen LogP contribution is -2.42. The van der Waals surface area contributed by atoms with E-state index in [1.165, 1.54) is 19.3 Å². The van der Waals surface area contributed by atoms with Gasteiger partial charge in [0.1, 0.15) is 0 Å². The van der Waals surface area contributed by atoms with Crippen LogP contribution in [0.4, 0.5) is 0 Å². The first kappa shape index (κ1) is 15.4. The molecule has 0 aromatic heterocycles. The zero-order valence-corrected chi connectivity index (χ0v) is 11.9. The minimum Gasteiger partial charge on any atom is -0.342 e. The summed E-state index contributed by atoms with van der Waals surface area (Å²) in [4.78, 5) is 16.5. The maximum Gasteiger partial charge on any atom is 0.236 e. The molecule has 1 saturated heterocycles. The van der Waals surface area contributed by atoms with Crippen LogP contribution in [0.2, 0.25) is 0 Å². The minimum atomic E-state index is 0.293. The van der Waals surface area contributed by atoms with Gasteiger partial charge in [0, 0.05) is 26.2 Å². The number of carbonyl (C=O) groups is 1. The van der Waals surface area contributed by atoms with Gasteiger partial charge in [-0.25, -0.2) is 0 Å². The van der Waals surface area contributed by atoms with E-state index in [2.05, 4.69) is 11.8 Å². The van der Waals surface area contributed by atoms with Crippen molar-refractivity contribution in [1.82, 2.24) is 9.80 Å². The van der Waals surface area contributed by atoms with E-state index in [4.69, 9.17) is 5.73 Å². The summed E-state index contributed by atoms with van der Waals surface area (Å²) < 4.78 is 0. The van der Waals surface area contributed by atoms with Crippen molar-refractivity contribution in [2.45, 2.75) is 45.4 Å². The van der Waals surface area contributed by atoms with Crippen molar-refractivity contribution in [1.29, 1.82) is 0 Å². The number of unbranched alkanes of at least 4 members (excludes halogenated alkanes) is 1. The van der Waals surface area contributed by atoms with Gasteiger partial charge in [0.25, 0.3) is 0 Å². The Labute approximate surface area is 111 Å². The lowest BCUT2D eigenvalue weighted by Gasteiger charge is -2.26. The molecular formula is C14H29N3O. The fourth-order valence-corrected chi connectivity index (χ4v) is 2.45. The van der Waals surface area contributed by atoms with Gasteiger partial charge in [-0.05, 0) is 25.8 Å². The summed E-state index contributed by atoms with van der Waals surface area (Å²) in [6, 6.07) is 0. The second-order valence-electron chi connectivity index (χ2n) is 5.21. The summed E-state index contributed by atoms with van der Waals surface area (Å²) in [5.74, 6) is 0.293. The molecule has 0 bridgehead atoms. The Balaban J connectivity index is 2.37. The van der Waals surface area contributed by atoms with Crippen molar-refractivity contribution in [3.63, 3.8) is 0 Å². The number of hydrogen-bond acceptors (Lipinski definition) is 3. The van der Waals surface area contributed by atoms with Gasteiger partial charge in [0.05, 0.1) is 6.54 Å². The fraction of sp³-hybridized carbons (Fsp3) is 0.929. The van der Waals surface area contributed by atoms with Crippen molar-refractivity contribution in [2.75, 3.05) is 39.3 Å². The van der Waals surface area contributed by atoms with Crippen LogP contribution in [0.25, 0.3) is 0 Å². The van der Waals surface area contributed by atoms with Crippen LogP contribution < -0.4 is 5.73 Å². The van der Waals surface area contributed by atoms with Crippen LogP contribution in [0.3, 0.4) is 0 Å². The van der Waals surface area contributed by atoms with Crippen molar-refractivity contribution >= 4 is 5.91 Å². The van der Waals surface area contributed by atoms with Gasteiger partial charge in [-0.15, -0.1) is 0 Å². The Bertz CT molecular complexity index is 225. The van der Waals surface area contributed by atoms with Gasteiger partial charge < -0.3 is 10.6 Å². The SMILES string of the molecule is CCCCN(CCN)CC(=O)N1CCCCCC1. The summed E-state index contributed by atoms with van der Waals surface area (Å²) in [6.45, 7) is 7.09. The summed E-state index contributed by atoms with van der Waals surface area (Å²) in [5.41, 5.74) is 5.61. The molecule has 0 aliphatic carbocycles. The van der Waals surface area contributed by atoms with E-state index in [1.807, 2.05) is 4.90 Å². The molecule has 0 aromatic carbocycles. The Kier molecular flexibility index (Phi) is 8.01. The third kappa shape index (κ3) is 5.83. The molecule has 1 aliphatic rings. The van der Waals surface area contributed by atoms with Crippen molar-refractivity contribution in [2.24, 2.45) is 5.73 Å². The van der Waals surface area contributed by atoms with Gasteiger partial charge in [-0.1, -0.05) is 26.2 Å². The Morgan fingerprint density at radius 3 is 2.39 bits per heavy atom. The quantitative estimate of drug-likeness (QED) is 0.749. The Morgan fingerprint density at radius 2 is 1.83 bits per heavy atom. The van der Waals surface area contributed by atoms with Crippen molar-refractivity contribution < 1.29 is 4.79 Å². The lowest BCUT2D eigenvalue weighted by atomic mass is 10.2. The summed E-state index contributed by atoms with van der Waals surface area (Å²) in [6.07, 6.45) is 7.18. The van der Waals surface area contributed by atoms with Crippen LogP contribution in [0.1, 0.15) is 45.4 Å². The number of carbonyl (C=O) groups excluding carboxylic acids is 1. The largest absolute Gasteiger partial charge is 0.342 e. The average molecular weight is 255 g/mol. The summed E-state index contributed by atoms with van der Waals surface area (Å²) in [5, 5.41) is 0. The van der Waals surface area contributed by atoms with E-state index >= 15 is 0 Å². The number of hydrogen-bond donors (Lipinski definition) is 1. The molecule has 1 rings (SSSR count). The summed E-state index contributed by atoms with van der Waals surface area (Å²) >= 11 is 0. The molecule has 1 fully saturated rings. The van der Waals surface area contributed by atoms with Crippen LogP contribution in [-0.4, -0.2) is 55.0 Å². The highest BCUT2D eigenvalue weighted by Crippen LogP contribution is 2.10. The molecular weight excluding hydrogens is 226 g/mol. The Morgan fingerprint density at radius 1 is 1.17 bits per heavy atom. The first-order valence-corrected chi connectivity index (χ1v) is 7.48. The number of likely N-dealkylation sites (tertiary alicyclic amines) is 1. The number of rotatable bonds is 7. The first-order chi connectivity index (χ1) is 8.77. The second kappa shape index (κ2) is 9.34. The summed E-state index contributed by atoms with van der Waals surface area (Å²) in [7, 11) is 0. The van der Waals surface area contributed by atoms with E-state index < -0.39 is 0 Å². The molecule has 1 aliphatic heterocycles. The minimum absolute atomic E-state index is 0.293. The molecule has 2 N–H and O–H groups in total. The van der Waals surface area contributed by atoms with Crippen LogP contribution in [0.15, 0.2) is 0 Å². The Hall–Kier alpha value is -0.610. The van der Waals surface area contributed by atoms with E-state index in [0.717, 1.165) is 45.4 Å². The molecule has 4 nitrogen and oxygen atoms in total. The highest BCUT2D eigenvalue weighted by molar-refractivity contribution is 5.78. The molecule has 1 heterocycles. The third-order valence-electron chi connectivity index (χ3n) is 3.59. The van der Waals surface area contributed by atoms with Crippen LogP contribution >= 0.6 is 0 Å². The zero-order valence-electron chi connectivity index (χ0n) is 11.9. The molecule has 0 radical (unpaired) electrons. The number of nitrogens with zero attached hydrogens (tertiary/aromatic N) is 2. The van der Waals surface area contributed by atoms with Crippen LogP contribution in [0.5, 0.6) is 0 Å². The second-order valence-corrected chi connectivity index (χ2v) is 5.21. The van der Waals surface area contributed by atoms with Gasteiger partial charge in [-0.3, -0.25) is 9.69 Å². The molecule has 18 heavy (non-hydrogen) atoms. The van der Waals surface area contributed by atoms with Gasteiger partial charge in [0.15, 0.2) is 0 Å². The van der Waals surface area contributed by atoms with Crippen LogP contribution in [0, 0.1) is 0 Å². The van der Waals surface area contributed by atoms with E-state index in [-0.39, 0.29) is 0 Å². The fourth-order valence-electron chi connectivity index (χ4n) is 2.45. The maximum absolute atomic E-state index is 12.2. The van der Waals surface area contributed by atoms with E-state index in [9.17, 15) is 4.79 Å². The number of nitrogens with two attached hydrogens (primary N) is 1. The molecule has 0 atom stereocenters. The predicted molar refractivity (Wildman–Crippen MR) is 75.5 cm³/mol. The topological polar surface area (TPSA) is 49.6 Å². The van der Waals surface area contributed by atoms with Crippen molar-refractivity contribution in [3.05, 3.63) is 0 Å². The maximum atomic E-state index is 12.2. The molecule has 0 aromatic rings. The van der Waals surface area contributed by atoms with Gasteiger partial charge >= 0.3 is 0 Å². The standard InChI is InChI=1S/C14H29N3O/c1-2-3-9-16(12-8-15)13-14(18)17-10-6-4-5-7-11-17/h2-13,15H2,1H3. The lowest BCUT2D eigenvalue weighted by molar-refractivity contribution is -0.132. The van der Waals surface area contributed by atoms with E-state index in [1.54, 1.807) is 0 Å². The third-order valence-corrected chi connectivity index (χ3v) is 3.59. The first-order valence-electron chi connectivity index (χ1n) is 7.48. The zero-order chi connectivity index (χ0) is 13.2. The smallest absolute Gasteiger partial charge is 0.236 e. The number of amides is 1. The average Bonchev–Trinajstić information content (AvgIpc) is 2.65. The highest BCUT2D eigenvalue weighted by atomic mass is 16.2. The normalized spacial score (nSPS) is 16.9.